The fourth-order valence-corrected chi connectivity index (χ4v) is 4.26. The van der Waals surface area contributed by atoms with E-state index in [1.807, 2.05) is 12.1 Å². The molecule has 0 spiro atoms. The van der Waals surface area contributed by atoms with Crippen LogP contribution in [0.15, 0.2) is 97.1 Å². The van der Waals surface area contributed by atoms with Crippen LogP contribution in [0.4, 0.5) is 11.4 Å². The Bertz CT molecular complexity index is 1300. The maximum atomic E-state index is 5.32. The number of anilines is 2. The number of hydrogen-bond donors (Lipinski definition) is 0. The van der Waals surface area contributed by atoms with E-state index in [0.29, 0.717) is 0 Å². The highest BCUT2D eigenvalue weighted by atomic mass is 16.5. The Balaban J connectivity index is 1.70. The summed E-state index contributed by atoms with van der Waals surface area (Å²) in [5.74, 6) is 0.871. The van der Waals surface area contributed by atoms with Gasteiger partial charge in [-0.15, -0.1) is 0 Å². The van der Waals surface area contributed by atoms with Crippen LogP contribution in [0.1, 0.15) is 6.92 Å². The van der Waals surface area contributed by atoms with Gasteiger partial charge in [0.05, 0.1) is 18.1 Å². The van der Waals surface area contributed by atoms with Crippen molar-refractivity contribution in [1.29, 1.82) is 0 Å². The zero-order valence-electron chi connectivity index (χ0n) is 17.2. The Kier molecular flexibility index (Phi) is 4.64. The van der Waals surface area contributed by atoms with Crippen LogP contribution in [0.3, 0.4) is 0 Å². The van der Waals surface area contributed by atoms with Gasteiger partial charge < -0.3 is 14.2 Å². The Labute approximate surface area is 176 Å². The molecular formula is C27H24N2O. The van der Waals surface area contributed by atoms with E-state index < -0.39 is 0 Å². The molecule has 0 radical (unpaired) electrons. The monoisotopic (exact) mass is 392 g/mol. The first-order valence-electron chi connectivity index (χ1n) is 10.3. The smallest absolute Gasteiger partial charge is 0.119 e. The van der Waals surface area contributed by atoms with E-state index in [2.05, 4.69) is 101 Å². The summed E-state index contributed by atoms with van der Waals surface area (Å²) in [6, 6.07) is 34.2. The third-order valence-electron chi connectivity index (χ3n) is 5.68. The fourth-order valence-electron chi connectivity index (χ4n) is 4.26. The van der Waals surface area contributed by atoms with Crippen molar-refractivity contribution in [3.63, 3.8) is 0 Å². The predicted molar refractivity (Wildman–Crippen MR) is 126 cm³/mol. The topological polar surface area (TPSA) is 17.4 Å². The number of hydrogen-bond acceptors (Lipinski definition) is 2. The zero-order valence-corrected chi connectivity index (χ0v) is 17.2. The van der Waals surface area contributed by atoms with Crippen molar-refractivity contribution in [2.24, 2.45) is 0 Å². The van der Waals surface area contributed by atoms with Gasteiger partial charge in [0.1, 0.15) is 5.75 Å². The molecular weight excluding hydrogens is 368 g/mol. The average molecular weight is 393 g/mol. The molecule has 0 fully saturated rings. The molecule has 0 saturated carbocycles. The quantitative estimate of drug-likeness (QED) is 0.322. The molecule has 3 heteroatoms. The van der Waals surface area contributed by atoms with Crippen molar-refractivity contribution >= 4 is 33.2 Å². The molecule has 0 bridgehead atoms. The van der Waals surface area contributed by atoms with E-state index >= 15 is 0 Å². The second-order valence-electron chi connectivity index (χ2n) is 7.33. The number of fused-ring (bicyclic) bond motifs is 3. The molecule has 0 unspecified atom stereocenters. The SMILES string of the molecule is CCN(c1ccc(OC)cc1)c1ccc2c(c1)c1ccccc1n2-c1ccccc1. The Morgan fingerprint density at radius 2 is 1.37 bits per heavy atom. The van der Waals surface area contributed by atoms with Crippen LogP contribution >= 0.6 is 0 Å². The van der Waals surface area contributed by atoms with E-state index in [1.165, 1.54) is 33.2 Å². The highest BCUT2D eigenvalue weighted by molar-refractivity contribution is 6.10. The van der Waals surface area contributed by atoms with E-state index in [0.717, 1.165) is 18.0 Å². The summed E-state index contributed by atoms with van der Waals surface area (Å²) in [7, 11) is 1.70. The summed E-state index contributed by atoms with van der Waals surface area (Å²) in [4.78, 5) is 2.33. The minimum Gasteiger partial charge on any atom is -0.497 e. The van der Waals surface area contributed by atoms with Crippen molar-refractivity contribution in [3.8, 4) is 11.4 Å². The lowest BCUT2D eigenvalue weighted by atomic mass is 10.1. The third-order valence-corrected chi connectivity index (χ3v) is 5.68. The number of ether oxygens (including phenoxy) is 1. The van der Waals surface area contributed by atoms with Gasteiger partial charge in [-0.05, 0) is 67.6 Å². The van der Waals surface area contributed by atoms with Gasteiger partial charge >= 0.3 is 0 Å². The summed E-state index contributed by atoms with van der Waals surface area (Å²) in [5, 5.41) is 2.53. The number of aromatic nitrogens is 1. The number of methoxy groups -OCH3 is 1. The maximum absolute atomic E-state index is 5.32. The molecule has 0 aliphatic heterocycles. The second kappa shape index (κ2) is 7.60. The Morgan fingerprint density at radius 3 is 2.10 bits per heavy atom. The molecule has 0 amide bonds. The molecule has 148 valence electrons. The van der Waals surface area contributed by atoms with Crippen LogP contribution in [-0.4, -0.2) is 18.2 Å². The number of benzene rings is 4. The van der Waals surface area contributed by atoms with Crippen molar-refractivity contribution in [2.45, 2.75) is 6.92 Å². The zero-order chi connectivity index (χ0) is 20.5. The molecule has 0 aliphatic rings. The van der Waals surface area contributed by atoms with Gasteiger partial charge in [0.25, 0.3) is 0 Å². The second-order valence-corrected chi connectivity index (χ2v) is 7.33. The van der Waals surface area contributed by atoms with Gasteiger partial charge in [-0.3, -0.25) is 0 Å². The van der Waals surface area contributed by atoms with Gasteiger partial charge in [-0.1, -0.05) is 36.4 Å². The molecule has 4 aromatic carbocycles. The molecule has 0 N–H and O–H groups in total. The normalized spacial score (nSPS) is 11.1. The van der Waals surface area contributed by atoms with Gasteiger partial charge in [-0.2, -0.15) is 0 Å². The molecule has 5 rings (SSSR count). The van der Waals surface area contributed by atoms with Crippen LogP contribution in [-0.2, 0) is 0 Å². The first kappa shape index (κ1) is 18.3. The van der Waals surface area contributed by atoms with Crippen molar-refractivity contribution in [3.05, 3.63) is 97.1 Å². The van der Waals surface area contributed by atoms with Gasteiger partial charge in [0, 0.05) is 34.4 Å². The highest BCUT2D eigenvalue weighted by Crippen LogP contribution is 2.36. The van der Waals surface area contributed by atoms with E-state index in [1.54, 1.807) is 7.11 Å². The molecule has 0 aliphatic carbocycles. The molecule has 0 saturated heterocycles. The summed E-state index contributed by atoms with van der Waals surface area (Å²) in [6.45, 7) is 3.07. The van der Waals surface area contributed by atoms with E-state index in [-0.39, 0.29) is 0 Å². The lowest BCUT2D eigenvalue weighted by molar-refractivity contribution is 0.415. The van der Waals surface area contributed by atoms with E-state index in [9.17, 15) is 0 Å². The average Bonchev–Trinajstić information content (AvgIpc) is 3.14. The summed E-state index contributed by atoms with van der Waals surface area (Å²) in [6.07, 6.45) is 0. The molecule has 30 heavy (non-hydrogen) atoms. The number of nitrogens with zero attached hydrogens (tertiary/aromatic N) is 2. The maximum Gasteiger partial charge on any atom is 0.119 e. The van der Waals surface area contributed by atoms with Crippen molar-refractivity contribution in [2.75, 3.05) is 18.6 Å². The lowest BCUT2D eigenvalue weighted by Gasteiger charge is -2.24. The predicted octanol–water partition coefficient (Wildman–Crippen LogP) is 6.95. The number of para-hydroxylation sites is 2. The first-order chi connectivity index (χ1) is 14.8. The highest BCUT2D eigenvalue weighted by Gasteiger charge is 2.14. The van der Waals surface area contributed by atoms with Gasteiger partial charge in [0.2, 0.25) is 0 Å². The molecule has 5 aromatic rings. The standard InChI is InChI=1S/C27H24N2O/c1-3-28(20-13-16-23(30-2)17-14-20)22-15-18-27-25(19-22)24-11-7-8-12-26(24)29(27)21-9-5-4-6-10-21/h4-19H,3H2,1-2H3. The first-order valence-corrected chi connectivity index (χ1v) is 10.3. The summed E-state index contributed by atoms with van der Waals surface area (Å²) in [5.41, 5.74) is 5.97. The van der Waals surface area contributed by atoms with Crippen molar-refractivity contribution < 1.29 is 4.74 Å². The minimum absolute atomic E-state index is 0.871. The van der Waals surface area contributed by atoms with Gasteiger partial charge in [-0.25, -0.2) is 0 Å². The fraction of sp³-hybridized carbons (Fsp3) is 0.111. The molecule has 1 aromatic heterocycles. The summed E-state index contributed by atoms with van der Waals surface area (Å²) >= 11 is 0. The molecule has 0 atom stereocenters. The Hall–Kier alpha value is -3.72. The van der Waals surface area contributed by atoms with Crippen molar-refractivity contribution in [1.82, 2.24) is 4.57 Å². The molecule has 3 nitrogen and oxygen atoms in total. The lowest BCUT2D eigenvalue weighted by Crippen LogP contribution is -2.15. The minimum atomic E-state index is 0.871. The third kappa shape index (κ3) is 3.00. The van der Waals surface area contributed by atoms with E-state index in [4.69, 9.17) is 4.74 Å². The summed E-state index contributed by atoms with van der Waals surface area (Å²) < 4.78 is 7.66. The van der Waals surface area contributed by atoms with Crippen LogP contribution in [0, 0.1) is 0 Å². The number of rotatable bonds is 5. The van der Waals surface area contributed by atoms with Gasteiger partial charge in [0.15, 0.2) is 0 Å². The van der Waals surface area contributed by atoms with Crippen LogP contribution in [0.5, 0.6) is 5.75 Å². The van der Waals surface area contributed by atoms with Crippen LogP contribution < -0.4 is 9.64 Å². The van der Waals surface area contributed by atoms with Crippen LogP contribution in [0.25, 0.3) is 27.5 Å². The largest absolute Gasteiger partial charge is 0.497 e. The Morgan fingerprint density at radius 1 is 0.700 bits per heavy atom. The van der Waals surface area contributed by atoms with Crippen LogP contribution in [0.2, 0.25) is 0 Å². The molecule has 1 heterocycles.